The van der Waals surface area contributed by atoms with E-state index in [0.717, 1.165) is 12.5 Å². The van der Waals surface area contributed by atoms with E-state index < -0.39 is 5.82 Å². The minimum absolute atomic E-state index is 0.102. The molecule has 1 amide bonds. The van der Waals surface area contributed by atoms with Crippen LogP contribution in [0.3, 0.4) is 0 Å². The number of amides is 1. The number of anilines is 2. The predicted octanol–water partition coefficient (Wildman–Crippen LogP) is 4.12. The van der Waals surface area contributed by atoms with Crippen LogP contribution in [0.2, 0.25) is 5.02 Å². The Kier molecular flexibility index (Phi) is 4.81. The van der Waals surface area contributed by atoms with Crippen molar-refractivity contribution in [3.63, 3.8) is 0 Å². The number of halogens is 2. The molecule has 2 rings (SSSR count). The van der Waals surface area contributed by atoms with Crippen molar-refractivity contribution in [2.24, 2.45) is 0 Å². The lowest BCUT2D eigenvalue weighted by atomic mass is 10.1. The van der Waals surface area contributed by atoms with Gasteiger partial charge in [0.15, 0.2) is 0 Å². The van der Waals surface area contributed by atoms with Crippen LogP contribution in [-0.4, -0.2) is 12.5 Å². The number of carbonyl (C=O) groups is 1. The van der Waals surface area contributed by atoms with Crippen LogP contribution in [-0.2, 0) is 0 Å². The highest BCUT2D eigenvalue weighted by atomic mass is 35.5. The third-order valence-electron chi connectivity index (χ3n) is 3.04. The van der Waals surface area contributed by atoms with Crippen LogP contribution in [0.4, 0.5) is 15.8 Å². The summed E-state index contributed by atoms with van der Waals surface area (Å²) in [5.41, 5.74) is 7.31. The van der Waals surface area contributed by atoms with Crippen LogP contribution in [0, 0.1) is 5.82 Å². The number of nitrogens with zero attached hydrogens (tertiary/aromatic N) is 1. The number of nitrogens with two attached hydrogens (primary N) is 1. The highest BCUT2D eigenvalue weighted by Gasteiger charge is 2.20. The van der Waals surface area contributed by atoms with Crippen molar-refractivity contribution >= 4 is 28.9 Å². The Labute approximate surface area is 128 Å². The maximum absolute atomic E-state index is 13.1. The van der Waals surface area contributed by atoms with E-state index >= 15 is 0 Å². The average molecular weight is 307 g/mol. The largest absolute Gasteiger partial charge is 0.399 e. The number of rotatable bonds is 4. The Balaban J connectivity index is 2.40. The Morgan fingerprint density at radius 3 is 2.67 bits per heavy atom. The first-order chi connectivity index (χ1) is 10.0. The SMILES string of the molecule is CCCN(C(=O)c1ccc(F)cc1Cl)c1cccc(N)c1. The summed E-state index contributed by atoms with van der Waals surface area (Å²) in [5.74, 6) is -0.741. The minimum Gasteiger partial charge on any atom is -0.399 e. The third kappa shape index (κ3) is 3.52. The molecule has 21 heavy (non-hydrogen) atoms. The van der Waals surface area contributed by atoms with Gasteiger partial charge in [0, 0.05) is 17.9 Å². The number of hydrogen-bond donors (Lipinski definition) is 1. The highest BCUT2D eigenvalue weighted by molar-refractivity contribution is 6.34. The molecule has 0 unspecified atom stereocenters. The summed E-state index contributed by atoms with van der Waals surface area (Å²) < 4.78 is 13.1. The van der Waals surface area contributed by atoms with Gasteiger partial charge in [0.25, 0.3) is 5.91 Å². The van der Waals surface area contributed by atoms with E-state index in [-0.39, 0.29) is 16.5 Å². The number of benzene rings is 2. The lowest BCUT2D eigenvalue weighted by Gasteiger charge is -2.23. The molecule has 0 fully saturated rings. The van der Waals surface area contributed by atoms with Gasteiger partial charge in [-0.3, -0.25) is 4.79 Å². The van der Waals surface area contributed by atoms with Gasteiger partial charge in [-0.25, -0.2) is 4.39 Å². The molecular formula is C16H16ClFN2O. The van der Waals surface area contributed by atoms with E-state index in [9.17, 15) is 9.18 Å². The first-order valence-electron chi connectivity index (χ1n) is 6.65. The molecule has 0 aliphatic heterocycles. The van der Waals surface area contributed by atoms with E-state index in [4.69, 9.17) is 17.3 Å². The molecule has 0 bridgehead atoms. The highest BCUT2D eigenvalue weighted by Crippen LogP contribution is 2.24. The van der Waals surface area contributed by atoms with E-state index in [1.807, 2.05) is 6.92 Å². The van der Waals surface area contributed by atoms with E-state index in [2.05, 4.69) is 0 Å². The summed E-state index contributed by atoms with van der Waals surface area (Å²) in [5, 5.41) is 0.102. The van der Waals surface area contributed by atoms with Crippen LogP contribution in [0.5, 0.6) is 0 Å². The molecule has 3 nitrogen and oxygen atoms in total. The smallest absolute Gasteiger partial charge is 0.259 e. The minimum atomic E-state index is -0.470. The topological polar surface area (TPSA) is 46.3 Å². The van der Waals surface area contributed by atoms with Gasteiger partial charge in [0.05, 0.1) is 10.6 Å². The van der Waals surface area contributed by atoms with Crippen LogP contribution in [0.1, 0.15) is 23.7 Å². The molecule has 0 aliphatic carbocycles. The predicted molar refractivity (Wildman–Crippen MR) is 84.2 cm³/mol. The summed E-state index contributed by atoms with van der Waals surface area (Å²) in [6.07, 6.45) is 0.777. The summed E-state index contributed by atoms with van der Waals surface area (Å²) in [6.45, 7) is 2.49. The van der Waals surface area contributed by atoms with Gasteiger partial charge in [-0.1, -0.05) is 24.6 Å². The maximum Gasteiger partial charge on any atom is 0.259 e. The molecule has 0 radical (unpaired) electrons. The Hall–Kier alpha value is -2.07. The first kappa shape index (κ1) is 15.3. The molecule has 0 aliphatic rings. The lowest BCUT2D eigenvalue weighted by Crippen LogP contribution is -2.32. The molecular weight excluding hydrogens is 291 g/mol. The summed E-state index contributed by atoms with van der Waals surface area (Å²) in [4.78, 5) is 14.2. The van der Waals surface area contributed by atoms with Gasteiger partial charge in [-0.2, -0.15) is 0 Å². The van der Waals surface area contributed by atoms with Crippen molar-refractivity contribution in [1.29, 1.82) is 0 Å². The zero-order chi connectivity index (χ0) is 15.4. The fourth-order valence-electron chi connectivity index (χ4n) is 2.07. The van der Waals surface area contributed by atoms with Gasteiger partial charge in [-0.05, 0) is 42.8 Å². The molecule has 2 aromatic carbocycles. The van der Waals surface area contributed by atoms with Crippen molar-refractivity contribution < 1.29 is 9.18 Å². The summed E-state index contributed by atoms with van der Waals surface area (Å²) in [7, 11) is 0. The number of carbonyl (C=O) groups excluding carboxylic acids is 1. The number of hydrogen-bond acceptors (Lipinski definition) is 2. The van der Waals surface area contributed by atoms with Crippen molar-refractivity contribution in [3.8, 4) is 0 Å². The fraction of sp³-hybridized carbons (Fsp3) is 0.188. The second-order valence-electron chi connectivity index (χ2n) is 4.68. The van der Waals surface area contributed by atoms with Crippen LogP contribution in [0.25, 0.3) is 0 Å². The molecule has 5 heteroatoms. The molecule has 0 atom stereocenters. The normalized spacial score (nSPS) is 10.4. The fourth-order valence-corrected chi connectivity index (χ4v) is 2.32. The second kappa shape index (κ2) is 6.59. The van der Waals surface area contributed by atoms with Crippen molar-refractivity contribution in [1.82, 2.24) is 0 Å². The second-order valence-corrected chi connectivity index (χ2v) is 5.08. The van der Waals surface area contributed by atoms with Gasteiger partial charge in [0.2, 0.25) is 0 Å². The molecule has 2 aromatic rings. The molecule has 0 saturated carbocycles. The van der Waals surface area contributed by atoms with Gasteiger partial charge in [0.1, 0.15) is 5.82 Å². The van der Waals surface area contributed by atoms with E-state index in [0.29, 0.717) is 17.9 Å². The maximum atomic E-state index is 13.1. The summed E-state index contributed by atoms with van der Waals surface area (Å²) in [6, 6.07) is 10.8. The van der Waals surface area contributed by atoms with Gasteiger partial charge < -0.3 is 10.6 Å². The Morgan fingerprint density at radius 2 is 2.05 bits per heavy atom. The first-order valence-corrected chi connectivity index (χ1v) is 7.03. The van der Waals surface area contributed by atoms with Crippen molar-refractivity contribution in [2.75, 3.05) is 17.2 Å². The zero-order valence-corrected chi connectivity index (χ0v) is 12.4. The van der Waals surface area contributed by atoms with Crippen LogP contribution in [0.15, 0.2) is 42.5 Å². The van der Waals surface area contributed by atoms with E-state index in [1.54, 1.807) is 29.2 Å². The molecule has 0 saturated heterocycles. The third-order valence-corrected chi connectivity index (χ3v) is 3.35. The summed E-state index contributed by atoms with van der Waals surface area (Å²) >= 11 is 5.98. The van der Waals surface area contributed by atoms with Gasteiger partial charge >= 0.3 is 0 Å². The quantitative estimate of drug-likeness (QED) is 0.864. The molecule has 0 heterocycles. The number of nitrogen functional groups attached to an aromatic ring is 1. The Bertz CT molecular complexity index is 660. The van der Waals surface area contributed by atoms with E-state index in [1.165, 1.54) is 12.1 Å². The van der Waals surface area contributed by atoms with Crippen LogP contribution >= 0.6 is 11.6 Å². The standard InChI is InChI=1S/C16H16ClFN2O/c1-2-8-20(13-5-3-4-12(19)10-13)16(21)14-7-6-11(18)9-15(14)17/h3-7,9-10H,2,8,19H2,1H3. The Morgan fingerprint density at radius 1 is 1.29 bits per heavy atom. The molecule has 2 N–H and O–H groups in total. The average Bonchev–Trinajstić information content (AvgIpc) is 2.44. The van der Waals surface area contributed by atoms with Crippen molar-refractivity contribution in [3.05, 3.63) is 58.9 Å². The van der Waals surface area contributed by atoms with Crippen molar-refractivity contribution in [2.45, 2.75) is 13.3 Å². The van der Waals surface area contributed by atoms with Crippen LogP contribution < -0.4 is 10.6 Å². The molecule has 0 spiro atoms. The van der Waals surface area contributed by atoms with Gasteiger partial charge in [-0.15, -0.1) is 0 Å². The molecule has 0 aromatic heterocycles. The molecule has 110 valence electrons. The lowest BCUT2D eigenvalue weighted by molar-refractivity contribution is 0.0987. The monoisotopic (exact) mass is 306 g/mol. The zero-order valence-electron chi connectivity index (χ0n) is 11.6.